The van der Waals surface area contributed by atoms with Gasteiger partial charge in [-0.1, -0.05) is 0 Å². The van der Waals surface area contributed by atoms with Crippen LogP contribution in [0.2, 0.25) is 0 Å². The van der Waals surface area contributed by atoms with Crippen LogP contribution in [0.25, 0.3) is 0 Å². The van der Waals surface area contributed by atoms with Gasteiger partial charge in [0.25, 0.3) is 0 Å². The summed E-state index contributed by atoms with van der Waals surface area (Å²) in [5, 5.41) is 0. The summed E-state index contributed by atoms with van der Waals surface area (Å²) in [5.74, 6) is -1.23. The SMILES string of the molecule is Fc1[c-]ccc(F)c1.[I-].[Mg+2]. The Kier molecular flexibility index (Phi) is 8.30. The molecular formula is C6H3F2IMg. The molecule has 4 heteroatoms. The van der Waals surface area contributed by atoms with Crippen LogP contribution < -0.4 is 24.0 Å². The van der Waals surface area contributed by atoms with E-state index < -0.39 is 11.6 Å². The average Bonchev–Trinajstić information content (AvgIpc) is 1.64. The van der Waals surface area contributed by atoms with Gasteiger partial charge in [0, 0.05) is 11.6 Å². The monoisotopic (exact) mass is 264 g/mol. The van der Waals surface area contributed by atoms with E-state index in [0.29, 0.717) is 0 Å². The number of halogens is 3. The van der Waals surface area contributed by atoms with Crippen molar-refractivity contribution in [3.05, 3.63) is 35.9 Å². The Morgan fingerprint density at radius 3 is 2.20 bits per heavy atom. The van der Waals surface area contributed by atoms with Gasteiger partial charge in [0.2, 0.25) is 0 Å². The molecule has 0 saturated heterocycles. The van der Waals surface area contributed by atoms with Crippen LogP contribution in [0.15, 0.2) is 18.2 Å². The Hall–Kier alpha value is 0.576. The van der Waals surface area contributed by atoms with Crippen LogP contribution in [0.3, 0.4) is 0 Å². The predicted octanol–water partition coefficient (Wildman–Crippen LogP) is -1.61. The molecule has 0 aromatic heterocycles. The standard InChI is InChI=1S/C6H3F2.HI.Mg/c7-5-2-1-3-6(8)4-5;;/h1-2,4H;1H;/q-1;;+2/p-1. The maximum absolute atomic E-state index is 11.9. The molecule has 0 nitrogen and oxygen atoms in total. The molecule has 50 valence electrons. The molecule has 0 aliphatic carbocycles. The number of rotatable bonds is 0. The van der Waals surface area contributed by atoms with Gasteiger partial charge in [0.15, 0.2) is 0 Å². The van der Waals surface area contributed by atoms with Crippen LogP contribution in [-0.2, 0) is 0 Å². The van der Waals surface area contributed by atoms with Gasteiger partial charge in [-0.3, -0.25) is 0 Å². The number of benzene rings is 1. The van der Waals surface area contributed by atoms with Gasteiger partial charge < -0.3 is 24.0 Å². The molecule has 0 bridgehead atoms. The van der Waals surface area contributed by atoms with Crippen molar-refractivity contribution >= 4 is 23.1 Å². The molecule has 0 aliphatic rings. The van der Waals surface area contributed by atoms with Crippen molar-refractivity contribution in [2.75, 3.05) is 0 Å². The van der Waals surface area contributed by atoms with Crippen LogP contribution in [0.5, 0.6) is 0 Å². The average molecular weight is 264 g/mol. The van der Waals surface area contributed by atoms with Crippen molar-refractivity contribution in [2.45, 2.75) is 0 Å². The van der Waals surface area contributed by atoms with Gasteiger partial charge in [-0.2, -0.15) is 6.07 Å². The third kappa shape index (κ3) is 4.40. The van der Waals surface area contributed by atoms with E-state index in [-0.39, 0.29) is 47.0 Å². The Morgan fingerprint density at radius 1 is 1.30 bits per heavy atom. The van der Waals surface area contributed by atoms with E-state index in [2.05, 4.69) is 6.07 Å². The molecule has 0 unspecified atom stereocenters. The van der Waals surface area contributed by atoms with Gasteiger partial charge in [0.1, 0.15) is 0 Å². The Balaban J connectivity index is 0. The molecule has 1 aromatic rings. The van der Waals surface area contributed by atoms with E-state index in [1.807, 2.05) is 0 Å². The van der Waals surface area contributed by atoms with Gasteiger partial charge in [-0.05, 0) is 0 Å². The Labute approximate surface area is 91.2 Å². The van der Waals surface area contributed by atoms with Crippen molar-refractivity contribution in [3.8, 4) is 0 Å². The molecular weight excluding hydrogens is 261 g/mol. The fraction of sp³-hybridized carbons (Fsp3) is 0. The normalized spacial score (nSPS) is 7.40. The van der Waals surface area contributed by atoms with Gasteiger partial charge in [-0.15, -0.1) is 18.2 Å². The molecule has 1 rings (SSSR count). The van der Waals surface area contributed by atoms with Gasteiger partial charge in [-0.25, -0.2) is 8.78 Å². The third-order valence-electron chi connectivity index (χ3n) is 0.728. The van der Waals surface area contributed by atoms with Crippen LogP contribution in [0.1, 0.15) is 0 Å². The van der Waals surface area contributed by atoms with E-state index in [1.54, 1.807) is 0 Å². The molecule has 0 spiro atoms. The molecule has 0 aliphatic heterocycles. The summed E-state index contributed by atoms with van der Waals surface area (Å²) in [5.41, 5.74) is 0. The molecule has 10 heavy (non-hydrogen) atoms. The second kappa shape index (κ2) is 6.30. The molecule has 0 heterocycles. The summed E-state index contributed by atoms with van der Waals surface area (Å²) in [6.07, 6.45) is 0. The second-order valence-corrected chi connectivity index (χ2v) is 1.35. The third-order valence-corrected chi connectivity index (χ3v) is 0.728. The summed E-state index contributed by atoms with van der Waals surface area (Å²) in [4.78, 5) is 0. The molecule has 0 N–H and O–H groups in total. The molecule has 0 fully saturated rings. The van der Waals surface area contributed by atoms with Crippen molar-refractivity contribution in [2.24, 2.45) is 0 Å². The molecule has 0 amide bonds. The van der Waals surface area contributed by atoms with Crippen LogP contribution in [0, 0.1) is 17.7 Å². The molecule has 0 saturated carbocycles. The summed E-state index contributed by atoms with van der Waals surface area (Å²) in [6, 6.07) is 5.28. The number of hydrogen-bond acceptors (Lipinski definition) is 0. The van der Waals surface area contributed by atoms with Crippen molar-refractivity contribution in [1.82, 2.24) is 0 Å². The van der Waals surface area contributed by atoms with Crippen molar-refractivity contribution < 1.29 is 32.8 Å². The van der Waals surface area contributed by atoms with Crippen LogP contribution in [0.4, 0.5) is 8.78 Å². The van der Waals surface area contributed by atoms with Gasteiger partial charge >= 0.3 is 23.1 Å². The van der Waals surface area contributed by atoms with E-state index in [1.165, 1.54) is 6.07 Å². The summed E-state index contributed by atoms with van der Waals surface area (Å²) >= 11 is 0. The maximum atomic E-state index is 11.9. The minimum absolute atomic E-state index is 0. The van der Waals surface area contributed by atoms with Crippen molar-refractivity contribution in [1.29, 1.82) is 0 Å². The van der Waals surface area contributed by atoms with E-state index in [9.17, 15) is 8.78 Å². The zero-order valence-electron chi connectivity index (χ0n) is 5.07. The smallest absolute Gasteiger partial charge is 1.00 e. The van der Waals surface area contributed by atoms with E-state index in [0.717, 1.165) is 12.1 Å². The topological polar surface area (TPSA) is 0 Å². The summed E-state index contributed by atoms with van der Waals surface area (Å²) in [6.45, 7) is 0. The Bertz CT molecular complexity index is 176. The molecule has 0 atom stereocenters. The fourth-order valence-electron chi connectivity index (χ4n) is 0.412. The second-order valence-electron chi connectivity index (χ2n) is 1.35. The first-order valence-electron chi connectivity index (χ1n) is 2.12. The Morgan fingerprint density at radius 2 is 1.90 bits per heavy atom. The first-order valence-corrected chi connectivity index (χ1v) is 2.12. The first kappa shape index (κ1) is 13.2. The zero-order chi connectivity index (χ0) is 5.98. The molecule has 1 aromatic carbocycles. The van der Waals surface area contributed by atoms with Crippen LogP contribution >= 0.6 is 0 Å². The zero-order valence-corrected chi connectivity index (χ0v) is 8.64. The first-order chi connectivity index (χ1) is 3.79. The minimum atomic E-state index is -0.662. The van der Waals surface area contributed by atoms with Gasteiger partial charge in [0.05, 0.1) is 0 Å². The molecule has 0 radical (unpaired) electrons. The summed E-state index contributed by atoms with van der Waals surface area (Å²) in [7, 11) is 0. The van der Waals surface area contributed by atoms with Crippen LogP contribution in [-0.4, -0.2) is 23.1 Å². The predicted molar refractivity (Wildman–Crippen MR) is 30.9 cm³/mol. The summed E-state index contributed by atoms with van der Waals surface area (Å²) < 4.78 is 23.8. The quantitative estimate of drug-likeness (QED) is 0.300. The van der Waals surface area contributed by atoms with Crippen molar-refractivity contribution in [3.63, 3.8) is 0 Å². The largest absolute Gasteiger partial charge is 2.00 e. The van der Waals surface area contributed by atoms with E-state index in [4.69, 9.17) is 0 Å². The fourth-order valence-corrected chi connectivity index (χ4v) is 0.412. The minimum Gasteiger partial charge on any atom is -1.00 e. The maximum Gasteiger partial charge on any atom is 2.00 e. The number of hydrogen-bond donors (Lipinski definition) is 0. The van der Waals surface area contributed by atoms with E-state index >= 15 is 0 Å².